The zero-order valence-corrected chi connectivity index (χ0v) is 11.0. The molecule has 0 unspecified atom stereocenters. The number of carbonyl (C=O) groups is 1. The van der Waals surface area contributed by atoms with E-state index >= 15 is 0 Å². The van der Waals surface area contributed by atoms with E-state index in [4.69, 9.17) is 5.11 Å². The van der Waals surface area contributed by atoms with Gasteiger partial charge in [-0.1, -0.05) is 20.8 Å². The van der Waals surface area contributed by atoms with Crippen LogP contribution >= 0.6 is 0 Å². The van der Waals surface area contributed by atoms with Crippen molar-refractivity contribution in [2.75, 3.05) is 5.32 Å². The number of aliphatic carboxylic acids is 1. The molecule has 98 valence electrons. The van der Waals surface area contributed by atoms with E-state index in [0.29, 0.717) is 18.8 Å². The van der Waals surface area contributed by atoms with Crippen molar-refractivity contribution in [3.63, 3.8) is 0 Å². The van der Waals surface area contributed by atoms with Gasteiger partial charge in [0.1, 0.15) is 0 Å². The normalized spacial score (nSPS) is 23.3. The lowest BCUT2D eigenvalue weighted by Crippen LogP contribution is -2.39. The Morgan fingerprint density at radius 1 is 1.33 bits per heavy atom. The SMILES string of the molecule is CC(C)(C)c1cnc(NC2CC(C(=O)O)C2)nc1. The predicted molar refractivity (Wildman–Crippen MR) is 68.5 cm³/mol. The number of hydrogen-bond acceptors (Lipinski definition) is 4. The topological polar surface area (TPSA) is 75.1 Å². The van der Waals surface area contributed by atoms with Crippen LogP contribution in [0.15, 0.2) is 12.4 Å². The molecule has 1 fully saturated rings. The van der Waals surface area contributed by atoms with Crippen LogP contribution in [0.2, 0.25) is 0 Å². The fourth-order valence-electron chi connectivity index (χ4n) is 1.91. The molecule has 0 spiro atoms. The van der Waals surface area contributed by atoms with Crippen LogP contribution in [0.1, 0.15) is 39.2 Å². The van der Waals surface area contributed by atoms with E-state index < -0.39 is 5.97 Å². The fourth-order valence-corrected chi connectivity index (χ4v) is 1.91. The summed E-state index contributed by atoms with van der Waals surface area (Å²) in [6.45, 7) is 6.34. The lowest BCUT2D eigenvalue weighted by Gasteiger charge is -2.32. The monoisotopic (exact) mass is 249 g/mol. The molecule has 2 rings (SSSR count). The van der Waals surface area contributed by atoms with E-state index in [1.807, 2.05) is 12.4 Å². The van der Waals surface area contributed by atoms with Gasteiger partial charge in [0, 0.05) is 18.4 Å². The number of rotatable bonds is 3. The Labute approximate surface area is 107 Å². The van der Waals surface area contributed by atoms with Crippen molar-refractivity contribution in [3.8, 4) is 0 Å². The summed E-state index contributed by atoms with van der Waals surface area (Å²) in [6.07, 6.45) is 4.95. The lowest BCUT2D eigenvalue weighted by atomic mass is 9.80. The average molecular weight is 249 g/mol. The lowest BCUT2D eigenvalue weighted by molar-refractivity contribution is -0.144. The summed E-state index contributed by atoms with van der Waals surface area (Å²) < 4.78 is 0. The predicted octanol–water partition coefficient (Wildman–Crippen LogP) is 2.05. The van der Waals surface area contributed by atoms with Gasteiger partial charge >= 0.3 is 5.97 Å². The van der Waals surface area contributed by atoms with Crippen LogP contribution in [0.25, 0.3) is 0 Å². The fraction of sp³-hybridized carbons (Fsp3) is 0.615. The van der Waals surface area contributed by atoms with Gasteiger partial charge in [-0.3, -0.25) is 4.79 Å². The van der Waals surface area contributed by atoms with Crippen LogP contribution in [0.5, 0.6) is 0 Å². The first kappa shape index (κ1) is 12.8. The minimum Gasteiger partial charge on any atom is -0.481 e. The number of hydrogen-bond donors (Lipinski definition) is 2. The third-order valence-corrected chi connectivity index (χ3v) is 3.34. The molecule has 0 radical (unpaired) electrons. The highest BCUT2D eigenvalue weighted by Gasteiger charge is 2.34. The highest BCUT2D eigenvalue weighted by molar-refractivity contribution is 5.71. The number of anilines is 1. The second kappa shape index (κ2) is 4.55. The van der Waals surface area contributed by atoms with E-state index in [1.54, 1.807) is 0 Å². The number of carboxylic acid groups (broad SMARTS) is 1. The molecule has 0 atom stereocenters. The zero-order valence-electron chi connectivity index (χ0n) is 11.0. The van der Waals surface area contributed by atoms with Gasteiger partial charge in [-0.05, 0) is 23.8 Å². The molecule has 0 amide bonds. The van der Waals surface area contributed by atoms with Gasteiger partial charge in [0.05, 0.1) is 5.92 Å². The molecular formula is C13H19N3O2. The maximum atomic E-state index is 10.7. The second-order valence-electron chi connectivity index (χ2n) is 5.89. The van der Waals surface area contributed by atoms with Gasteiger partial charge in [0.15, 0.2) is 0 Å². The summed E-state index contributed by atoms with van der Waals surface area (Å²) in [5.74, 6) is -0.342. The summed E-state index contributed by atoms with van der Waals surface area (Å²) in [7, 11) is 0. The Bertz CT molecular complexity index is 431. The molecule has 5 heteroatoms. The van der Waals surface area contributed by atoms with Gasteiger partial charge in [0.2, 0.25) is 5.95 Å². The molecule has 1 saturated carbocycles. The van der Waals surface area contributed by atoms with Gasteiger partial charge in [0.25, 0.3) is 0 Å². The Hall–Kier alpha value is -1.65. The first-order chi connectivity index (χ1) is 8.36. The van der Waals surface area contributed by atoms with E-state index in [0.717, 1.165) is 5.56 Å². The Morgan fingerprint density at radius 3 is 2.33 bits per heavy atom. The van der Waals surface area contributed by atoms with E-state index in [-0.39, 0.29) is 17.4 Å². The second-order valence-corrected chi connectivity index (χ2v) is 5.89. The average Bonchev–Trinajstić information content (AvgIpc) is 2.21. The largest absolute Gasteiger partial charge is 0.481 e. The van der Waals surface area contributed by atoms with Gasteiger partial charge in [-0.15, -0.1) is 0 Å². The standard InChI is InChI=1S/C13H19N3O2/c1-13(2,3)9-6-14-12(15-7-9)16-10-4-8(5-10)11(17)18/h6-8,10H,4-5H2,1-3H3,(H,17,18)(H,14,15,16). The minimum atomic E-state index is -0.711. The van der Waals surface area contributed by atoms with Crippen LogP contribution in [0.3, 0.4) is 0 Å². The number of nitrogens with zero attached hydrogens (tertiary/aromatic N) is 2. The molecule has 5 nitrogen and oxygen atoms in total. The first-order valence-electron chi connectivity index (χ1n) is 6.18. The molecule has 1 aliphatic rings. The highest BCUT2D eigenvalue weighted by atomic mass is 16.4. The Balaban J connectivity index is 1.90. The molecule has 2 N–H and O–H groups in total. The summed E-state index contributed by atoms with van der Waals surface area (Å²) >= 11 is 0. The zero-order chi connectivity index (χ0) is 13.3. The summed E-state index contributed by atoms with van der Waals surface area (Å²) in [6, 6.07) is 0.187. The van der Waals surface area contributed by atoms with Crippen molar-refractivity contribution in [3.05, 3.63) is 18.0 Å². The highest BCUT2D eigenvalue weighted by Crippen LogP contribution is 2.29. The number of nitrogens with one attached hydrogen (secondary N) is 1. The van der Waals surface area contributed by atoms with Crippen molar-refractivity contribution in [2.45, 2.75) is 45.1 Å². The van der Waals surface area contributed by atoms with Crippen LogP contribution in [-0.2, 0) is 10.2 Å². The maximum absolute atomic E-state index is 10.7. The van der Waals surface area contributed by atoms with Gasteiger partial charge in [-0.2, -0.15) is 0 Å². The Kier molecular flexibility index (Phi) is 3.24. The summed E-state index contributed by atoms with van der Waals surface area (Å²) in [5, 5.41) is 11.9. The Morgan fingerprint density at radius 2 is 1.89 bits per heavy atom. The van der Waals surface area contributed by atoms with Crippen molar-refractivity contribution in [1.29, 1.82) is 0 Å². The molecule has 1 aromatic rings. The first-order valence-corrected chi connectivity index (χ1v) is 6.18. The van der Waals surface area contributed by atoms with Crippen LogP contribution in [-0.4, -0.2) is 27.1 Å². The third-order valence-electron chi connectivity index (χ3n) is 3.34. The molecule has 0 aliphatic heterocycles. The molecule has 1 aromatic heterocycles. The number of aromatic nitrogens is 2. The molecule has 0 bridgehead atoms. The third kappa shape index (κ3) is 2.78. The molecule has 18 heavy (non-hydrogen) atoms. The molecule has 0 saturated heterocycles. The molecule has 0 aromatic carbocycles. The van der Waals surface area contributed by atoms with Crippen molar-refractivity contribution in [2.24, 2.45) is 5.92 Å². The minimum absolute atomic E-state index is 0.0450. The van der Waals surface area contributed by atoms with Crippen molar-refractivity contribution < 1.29 is 9.90 Å². The van der Waals surface area contributed by atoms with Gasteiger partial charge in [-0.25, -0.2) is 9.97 Å². The maximum Gasteiger partial charge on any atom is 0.306 e. The van der Waals surface area contributed by atoms with E-state index in [2.05, 4.69) is 36.1 Å². The molecular weight excluding hydrogens is 230 g/mol. The van der Waals surface area contributed by atoms with E-state index in [1.165, 1.54) is 0 Å². The number of carboxylic acids is 1. The van der Waals surface area contributed by atoms with Crippen LogP contribution in [0.4, 0.5) is 5.95 Å². The summed E-state index contributed by atoms with van der Waals surface area (Å²) in [4.78, 5) is 19.2. The van der Waals surface area contributed by atoms with Crippen LogP contribution < -0.4 is 5.32 Å². The van der Waals surface area contributed by atoms with E-state index in [9.17, 15) is 4.79 Å². The van der Waals surface area contributed by atoms with Crippen LogP contribution in [0, 0.1) is 5.92 Å². The van der Waals surface area contributed by atoms with Crippen molar-refractivity contribution >= 4 is 11.9 Å². The summed E-state index contributed by atoms with van der Waals surface area (Å²) in [5.41, 5.74) is 1.13. The molecule has 1 aliphatic carbocycles. The van der Waals surface area contributed by atoms with Gasteiger partial charge < -0.3 is 10.4 Å². The quantitative estimate of drug-likeness (QED) is 0.857. The smallest absolute Gasteiger partial charge is 0.306 e. The van der Waals surface area contributed by atoms with Crippen molar-refractivity contribution in [1.82, 2.24) is 9.97 Å². The molecule has 1 heterocycles.